The minimum atomic E-state index is -0.0194. The van der Waals surface area contributed by atoms with Crippen molar-refractivity contribution >= 4 is 70.6 Å². The quantitative estimate of drug-likeness (QED) is 0.0672. The van der Waals surface area contributed by atoms with E-state index >= 15 is 0 Å². The number of benzene rings is 5. The molecule has 0 spiro atoms. The van der Waals surface area contributed by atoms with Crippen molar-refractivity contribution in [2.75, 3.05) is 82.6 Å². The van der Waals surface area contributed by atoms with Gasteiger partial charge in [0.1, 0.15) is 0 Å². The van der Waals surface area contributed by atoms with Crippen molar-refractivity contribution in [3.05, 3.63) is 187 Å². The third-order valence-corrected chi connectivity index (χ3v) is 13.3. The summed E-state index contributed by atoms with van der Waals surface area (Å²) in [6.07, 6.45) is 7.76. The standard InChI is InChI=1S/C21H25NO.2C16H23NO.C15H19Cl2NO/c1-16(21(23)17(2)15-22(3)4)14-18-10-12-20(13-11-18)19-8-6-5-7-9-19;1-12-6-8-15(9-7-12)10-13(2)16(18)14(3)11-17(4)5;1-12-7-6-8-15(9-12)10-13(2)16(18)14(3)11-17(4)5;1-10(15(19)11(2)9-18(3)4)7-12-5-6-13(16)14(17)8-12/h5-14,17H,15H2,1-4H3;2*6-10,14H,11H2,1-5H3;5-8,11H,9H2,1-4H3. The lowest BCUT2D eigenvalue weighted by Crippen LogP contribution is -2.26. The topological polar surface area (TPSA) is 81.2 Å². The molecule has 0 fully saturated rings. The van der Waals surface area contributed by atoms with Gasteiger partial charge in [0.25, 0.3) is 0 Å². The second kappa shape index (κ2) is 34.9. The maximum atomic E-state index is 12.4. The molecule has 420 valence electrons. The highest BCUT2D eigenvalue weighted by atomic mass is 35.5. The van der Waals surface area contributed by atoms with Crippen LogP contribution in [-0.2, 0) is 19.2 Å². The van der Waals surface area contributed by atoms with Crippen LogP contribution in [0.15, 0.2) is 144 Å². The molecular formula is C68H90Cl2N4O4. The lowest BCUT2D eigenvalue weighted by atomic mass is 9.97. The molecule has 8 nitrogen and oxygen atoms in total. The number of nitrogens with zero attached hydrogens (tertiary/aromatic N) is 4. The summed E-state index contributed by atoms with van der Waals surface area (Å²) in [5.41, 5.74) is 12.2. The van der Waals surface area contributed by atoms with Gasteiger partial charge in [-0.3, -0.25) is 19.2 Å². The number of rotatable bonds is 21. The van der Waals surface area contributed by atoms with Crippen LogP contribution in [0.4, 0.5) is 0 Å². The summed E-state index contributed by atoms with van der Waals surface area (Å²) in [5.74, 6) is 0.904. The van der Waals surface area contributed by atoms with Crippen molar-refractivity contribution in [3.63, 3.8) is 0 Å². The molecule has 0 bridgehead atoms. The molecular weight excluding hydrogens is 1010 g/mol. The number of ketones is 4. The third-order valence-electron chi connectivity index (χ3n) is 12.5. The van der Waals surface area contributed by atoms with Crippen molar-refractivity contribution in [2.45, 2.75) is 69.2 Å². The molecule has 5 aromatic rings. The minimum Gasteiger partial charge on any atom is -0.309 e. The highest BCUT2D eigenvalue weighted by Crippen LogP contribution is 2.25. The molecule has 5 rings (SSSR count). The van der Waals surface area contributed by atoms with E-state index in [2.05, 4.69) is 74.5 Å². The van der Waals surface area contributed by atoms with Crippen molar-refractivity contribution in [3.8, 4) is 11.1 Å². The summed E-state index contributed by atoms with van der Waals surface area (Å²) in [6, 6.07) is 40.4. The van der Waals surface area contributed by atoms with Gasteiger partial charge in [0, 0.05) is 49.9 Å². The van der Waals surface area contributed by atoms with Crippen LogP contribution in [-0.4, -0.2) is 125 Å². The van der Waals surface area contributed by atoms with Gasteiger partial charge < -0.3 is 19.6 Å². The van der Waals surface area contributed by atoms with Gasteiger partial charge in [-0.05, 0) is 190 Å². The Bertz CT molecular complexity index is 2810. The number of aryl methyl sites for hydroxylation is 2. The Kier molecular flexibility index (Phi) is 30.6. The molecule has 5 aromatic carbocycles. The number of halogens is 2. The maximum absolute atomic E-state index is 12.4. The molecule has 0 radical (unpaired) electrons. The molecule has 4 atom stereocenters. The van der Waals surface area contributed by atoms with E-state index in [4.69, 9.17) is 23.2 Å². The largest absolute Gasteiger partial charge is 0.309 e. The molecule has 0 heterocycles. The van der Waals surface area contributed by atoms with E-state index in [-0.39, 0.29) is 46.8 Å². The monoisotopic (exact) mass is 1100 g/mol. The molecule has 0 aliphatic rings. The van der Waals surface area contributed by atoms with Crippen molar-refractivity contribution in [1.29, 1.82) is 0 Å². The van der Waals surface area contributed by atoms with E-state index < -0.39 is 0 Å². The summed E-state index contributed by atoms with van der Waals surface area (Å²) in [4.78, 5) is 57.0. The number of hydrogen-bond donors (Lipinski definition) is 0. The Morgan fingerprint density at radius 1 is 0.372 bits per heavy atom. The smallest absolute Gasteiger partial charge is 0.162 e. The zero-order valence-corrected chi connectivity index (χ0v) is 51.7. The highest BCUT2D eigenvalue weighted by molar-refractivity contribution is 6.42. The van der Waals surface area contributed by atoms with E-state index in [1.54, 1.807) is 12.1 Å². The summed E-state index contributed by atoms with van der Waals surface area (Å²) >= 11 is 11.8. The Labute approximate surface area is 480 Å². The van der Waals surface area contributed by atoms with Gasteiger partial charge in [0.05, 0.1) is 10.0 Å². The molecule has 0 aromatic heterocycles. The molecule has 0 N–H and O–H groups in total. The number of carbonyl (C=O) groups is 4. The summed E-state index contributed by atoms with van der Waals surface area (Å²) in [7, 11) is 15.9. The van der Waals surface area contributed by atoms with Crippen molar-refractivity contribution < 1.29 is 19.2 Å². The fourth-order valence-electron chi connectivity index (χ4n) is 8.79. The third kappa shape index (κ3) is 26.2. The Hall–Kier alpha value is -5.84. The first-order chi connectivity index (χ1) is 36.6. The lowest BCUT2D eigenvalue weighted by molar-refractivity contribution is -0.119. The first kappa shape index (κ1) is 68.3. The minimum absolute atomic E-state index is 0.0184. The molecule has 4 unspecified atom stereocenters. The molecule has 10 heteroatoms. The SMILES string of the molecule is CC(=Cc1ccc(-c2ccccc2)cc1)C(=O)C(C)CN(C)C.CC(=Cc1ccc(C)cc1)C(=O)C(C)CN(C)C.CC(=Cc1ccc(Cl)c(Cl)c1)C(=O)C(C)CN(C)C.CC(=Cc1cccc(C)c1)C(=O)C(C)CN(C)C. The first-order valence-corrected chi connectivity index (χ1v) is 27.6. The van der Waals surface area contributed by atoms with E-state index in [9.17, 15) is 19.2 Å². The van der Waals surface area contributed by atoms with Crippen LogP contribution in [0.5, 0.6) is 0 Å². The van der Waals surface area contributed by atoms with Gasteiger partial charge in [-0.15, -0.1) is 0 Å². The van der Waals surface area contributed by atoms with Crippen LogP contribution >= 0.6 is 23.2 Å². The van der Waals surface area contributed by atoms with Gasteiger partial charge in [0.2, 0.25) is 0 Å². The van der Waals surface area contributed by atoms with E-state index in [1.165, 1.54) is 22.3 Å². The van der Waals surface area contributed by atoms with Crippen LogP contribution in [0.1, 0.15) is 88.8 Å². The van der Waals surface area contributed by atoms with Gasteiger partial charge in [-0.2, -0.15) is 0 Å². The average Bonchev–Trinajstić information content (AvgIpc) is 3.37. The summed E-state index contributed by atoms with van der Waals surface area (Å²) in [5, 5.41) is 1.01. The molecule has 0 saturated heterocycles. The van der Waals surface area contributed by atoms with Crippen molar-refractivity contribution in [1.82, 2.24) is 19.6 Å². The highest BCUT2D eigenvalue weighted by Gasteiger charge is 2.18. The Balaban J connectivity index is 0.000000358. The summed E-state index contributed by atoms with van der Waals surface area (Å²) < 4.78 is 0. The summed E-state index contributed by atoms with van der Waals surface area (Å²) in [6.45, 7) is 22.6. The number of Topliss-reactive ketones (excluding diaryl/α,β-unsaturated/α-hetero) is 4. The fraction of sp³-hybridized carbons (Fsp3) is 0.382. The van der Waals surface area contributed by atoms with E-state index in [0.29, 0.717) is 10.0 Å². The van der Waals surface area contributed by atoms with Crippen LogP contribution in [0.3, 0.4) is 0 Å². The second-order valence-electron chi connectivity index (χ2n) is 21.9. The zero-order valence-electron chi connectivity index (χ0n) is 50.2. The van der Waals surface area contributed by atoms with Crippen molar-refractivity contribution in [2.24, 2.45) is 23.7 Å². The van der Waals surface area contributed by atoms with E-state index in [1.807, 2.05) is 204 Å². The second-order valence-corrected chi connectivity index (χ2v) is 22.7. The van der Waals surface area contributed by atoms with Gasteiger partial charge in [-0.1, -0.05) is 171 Å². The predicted molar refractivity (Wildman–Crippen MR) is 336 cm³/mol. The van der Waals surface area contributed by atoms with E-state index in [0.717, 1.165) is 70.7 Å². The average molecular weight is 1100 g/mol. The zero-order chi connectivity index (χ0) is 58.8. The Morgan fingerprint density at radius 3 is 1.04 bits per heavy atom. The lowest BCUT2D eigenvalue weighted by Gasteiger charge is -2.16. The normalized spacial score (nSPS) is 13.6. The first-order valence-electron chi connectivity index (χ1n) is 26.8. The van der Waals surface area contributed by atoms with Crippen LogP contribution in [0.2, 0.25) is 10.0 Å². The molecule has 0 saturated carbocycles. The van der Waals surface area contributed by atoms with Gasteiger partial charge in [0.15, 0.2) is 23.1 Å². The van der Waals surface area contributed by atoms with Gasteiger partial charge >= 0.3 is 0 Å². The van der Waals surface area contributed by atoms with Crippen LogP contribution in [0.25, 0.3) is 35.4 Å². The Morgan fingerprint density at radius 2 is 0.692 bits per heavy atom. The number of allylic oxidation sites excluding steroid dienone is 4. The molecule has 0 amide bonds. The molecule has 0 aliphatic carbocycles. The predicted octanol–water partition coefficient (Wildman–Crippen LogP) is 15.0. The van der Waals surface area contributed by atoms with Crippen LogP contribution < -0.4 is 0 Å². The molecule has 0 aliphatic heterocycles. The number of carbonyl (C=O) groups excluding carboxylic acids is 4. The van der Waals surface area contributed by atoms with Crippen LogP contribution in [0, 0.1) is 37.5 Å². The fourth-order valence-corrected chi connectivity index (χ4v) is 9.10. The maximum Gasteiger partial charge on any atom is 0.162 e. The molecule has 78 heavy (non-hydrogen) atoms. The number of hydrogen-bond acceptors (Lipinski definition) is 8. The van der Waals surface area contributed by atoms with Gasteiger partial charge in [-0.25, -0.2) is 0 Å².